The molecule has 5 nitrogen and oxygen atoms in total. The van der Waals surface area contributed by atoms with Gasteiger partial charge in [0.15, 0.2) is 0 Å². The van der Waals surface area contributed by atoms with Gasteiger partial charge in [-0.05, 0) is 24.3 Å². The molecule has 1 amide bonds. The first-order valence-electron chi connectivity index (χ1n) is 5.88. The standard InChI is InChI=1S/C12H11F3N2O3S2/c1-17-7-21-6-10(17)11(18)16-8-2-4-9(5-3-8)22(19,20)12(13,14)15/h2-6H,7H2,1H3,(H,16,18). The number of sulfone groups is 1. The molecule has 0 atom stereocenters. The largest absolute Gasteiger partial charge is 0.501 e. The molecular weight excluding hydrogens is 341 g/mol. The van der Waals surface area contributed by atoms with Crippen LogP contribution in [-0.2, 0) is 14.6 Å². The monoisotopic (exact) mass is 352 g/mol. The van der Waals surface area contributed by atoms with Crippen molar-refractivity contribution in [2.24, 2.45) is 0 Å². The topological polar surface area (TPSA) is 66.5 Å². The number of thioether (sulfide) groups is 1. The number of hydrogen-bond acceptors (Lipinski definition) is 5. The predicted octanol–water partition coefficient (Wildman–Crippen LogP) is 2.40. The molecular formula is C12H11F3N2O3S2. The quantitative estimate of drug-likeness (QED) is 0.905. The molecule has 0 fully saturated rings. The van der Waals surface area contributed by atoms with Crippen molar-refractivity contribution >= 4 is 33.2 Å². The number of likely N-dealkylation sites (N-methyl/N-ethyl adjacent to an activating group) is 1. The number of nitrogens with one attached hydrogen (secondary N) is 1. The fraction of sp³-hybridized carbons (Fsp3) is 0.250. The number of amides is 1. The van der Waals surface area contributed by atoms with Crippen LogP contribution in [0.15, 0.2) is 40.3 Å². The van der Waals surface area contributed by atoms with Gasteiger partial charge < -0.3 is 10.2 Å². The minimum absolute atomic E-state index is 0.206. The summed E-state index contributed by atoms with van der Waals surface area (Å²) in [6, 6.07) is 3.83. The highest BCUT2D eigenvalue weighted by Gasteiger charge is 2.46. The Labute approximate surface area is 129 Å². The van der Waals surface area contributed by atoms with Crippen molar-refractivity contribution in [3.8, 4) is 0 Å². The van der Waals surface area contributed by atoms with Gasteiger partial charge in [-0.3, -0.25) is 4.79 Å². The van der Waals surface area contributed by atoms with Crippen molar-refractivity contribution in [3.05, 3.63) is 35.4 Å². The molecule has 1 aromatic rings. The molecule has 0 spiro atoms. The summed E-state index contributed by atoms with van der Waals surface area (Å²) in [5.74, 6) is 0.213. The highest BCUT2D eigenvalue weighted by molar-refractivity contribution is 8.02. The molecule has 0 bridgehead atoms. The van der Waals surface area contributed by atoms with E-state index in [2.05, 4.69) is 5.32 Å². The Morgan fingerprint density at radius 3 is 2.32 bits per heavy atom. The first kappa shape index (κ1) is 16.7. The minimum Gasteiger partial charge on any atom is -0.360 e. The lowest BCUT2D eigenvalue weighted by molar-refractivity contribution is -0.114. The zero-order chi connectivity index (χ0) is 16.5. The lowest BCUT2D eigenvalue weighted by Crippen LogP contribution is -2.25. The van der Waals surface area contributed by atoms with Crippen LogP contribution in [0.3, 0.4) is 0 Å². The van der Waals surface area contributed by atoms with Crippen LogP contribution in [0.2, 0.25) is 0 Å². The van der Waals surface area contributed by atoms with Crippen molar-refractivity contribution in [1.82, 2.24) is 4.90 Å². The Balaban J connectivity index is 2.15. The molecule has 0 aliphatic carbocycles. The van der Waals surface area contributed by atoms with E-state index in [0.29, 0.717) is 11.6 Å². The molecule has 120 valence electrons. The summed E-state index contributed by atoms with van der Waals surface area (Å²) in [6.45, 7) is 0. The van der Waals surface area contributed by atoms with E-state index in [9.17, 15) is 26.4 Å². The Hall–Kier alpha value is -1.68. The third-order valence-electron chi connectivity index (χ3n) is 2.83. The highest BCUT2D eigenvalue weighted by Crippen LogP contribution is 2.30. The third-order valence-corrected chi connectivity index (χ3v) is 5.26. The second kappa shape index (κ2) is 5.84. The maximum atomic E-state index is 12.4. The molecule has 1 N–H and O–H groups in total. The van der Waals surface area contributed by atoms with E-state index >= 15 is 0 Å². The third kappa shape index (κ3) is 3.22. The average molecular weight is 352 g/mol. The second-order valence-corrected chi connectivity index (χ2v) is 7.19. The molecule has 1 aromatic carbocycles. The van der Waals surface area contributed by atoms with Gasteiger partial charge in [-0.15, -0.1) is 11.8 Å². The van der Waals surface area contributed by atoms with E-state index in [-0.39, 0.29) is 5.69 Å². The van der Waals surface area contributed by atoms with Gasteiger partial charge in [-0.25, -0.2) is 8.42 Å². The summed E-state index contributed by atoms with van der Waals surface area (Å²) in [5, 5.41) is 4.16. The van der Waals surface area contributed by atoms with Crippen LogP contribution in [0, 0.1) is 0 Å². The van der Waals surface area contributed by atoms with Crippen LogP contribution in [0.25, 0.3) is 0 Å². The van der Waals surface area contributed by atoms with Gasteiger partial charge in [0.1, 0.15) is 5.70 Å². The zero-order valence-corrected chi connectivity index (χ0v) is 12.8. The number of carbonyl (C=O) groups excluding carboxylic acids is 1. The fourth-order valence-corrected chi connectivity index (χ4v) is 3.30. The molecule has 0 saturated heterocycles. The van der Waals surface area contributed by atoms with Crippen molar-refractivity contribution in [2.45, 2.75) is 10.4 Å². The van der Waals surface area contributed by atoms with E-state index in [0.717, 1.165) is 24.3 Å². The molecule has 1 aliphatic heterocycles. The SMILES string of the molecule is CN1CSC=C1C(=O)Nc1ccc(S(=O)(=O)C(F)(F)F)cc1. The number of alkyl halides is 3. The molecule has 1 heterocycles. The van der Waals surface area contributed by atoms with E-state index in [4.69, 9.17) is 0 Å². The number of carbonyl (C=O) groups is 1. The maximum absolute atomic E-state index is 12.4. The van der Waals surface area contributed by atoms with E-state index in [1.165, 1.54) is 11.8 Å². The van der Waals surface area contributed by atoms with Crippen LogP contribution in [0.5, 0.6) is 0 Å². The first-order chi connectivity index (χ1) is 10.1. The van der Waals surface area contributed by atoms with Crippen LogP contribution in [0.4, 0.5) is 18.9 Å². The summed E-state index contributed by atoms with van der Waals surface area (Å²) >= 11 is 1.44. The van der Waals surface area contributed by atoms with Crippen molar-refractivity contribution in [1.29, 1.82) is 0 Å². The molecule has 22 heavy (non-hydrogen) atoms. The van der Waals surface area contributed by atoms with Gasteiger partial charge in [0.05, 0.1) is 10.8 Å². The number of halogens is 3. The number of hydrogen-bond donors (Lipinski definition) is 1. The normalized spacial score (nSPS) is 15.6. The van der Waals surface area contributed by atoms with Crippen molar-refractivity contribution < 1.29 is 26.4 Å². The number of anilines is 1. The first-order valence-corrected chi connectivity index (χ1v) is 8.42. The van der Waals surface area contributed by atoms with Gasteiger partial charge in [-0.1, -0.05) is 0 Å². The summed E-state index contributed by atoms with van der Waals surface area (Å²) in [7, 11) is -3.66. The molecule has 10 heteroatoms. The summed E-state index contributed by atoms with van der Waals surface area (Å²) < 4.78 is 59.6. The minimum atomic E-state index is -5.38. The number of nitrogens with zero attached hydrogens (tertiary/aromatic N) is 1. The summed E-state index contributed by atoms with van der Waals surface area (Å²) in [4.78, 5) is 12.8. The fourth-order valence-electron chi connectivity index (χ4n) is 1.66. The van der Waals surface area contributed by atoms with E-state index in [1.807, 2.05) is 0 Å². The van der Waals surface area contributed by atoms with Gasteiger partial charge in [0.25, 0.3) is 15.7 Å². The smallest absolute Gasteiger partial charge is 0.360 e. The maximum Gasteiger partial charge on any atom is 0.501 e. The lowest BCUT2D eigenvalue weighted by atomic mass is 10.3. The Kier molecular flexibility index (Phi) is 4.43. The van der Waals surface area contributed by atoms with Gasteiger partial charge in [-0.2, -0.15) is 13.2 Å². The van der Waals surface area contributed by atoms with Crippen LogP contribution < -0.4 is 5.32 Å². The van der Waals surface area contributed by atoms with Gasteiger partial charge >= 0.3 is 5.51 Å². The number of rotatable bonds is 3. The summed E-state index contributed by atoms with van der Waals surface area (Å²) in [5.41, 5.74) is -4.72. The highest BCUT2D eigenvalue weighted by atomic mass is 32.2. The Bertz CT molecular complexity index is 712. The van der Waals surface area contributed by atoms with Crippen molar-refractivity contribution in [2.75, 3.05) is 18.2 Å². The molecule has 0 aromatic heterocycles. The Morgan fingerprint density at radius 2 is 1.86 bits per heavy atom. The van der Waals surface area contributed by atoms with Crippen LogP contribution >= 0.6 is 11.8 Å². The van der Waals surface area contributed by atoms with Gasteiger partial charge in [0, 0.05) is 18.1 Å². The lowest BCUT2D eigenvalue weighted by Gasteiger charge is -2.15. The zero-order valence-electron chi connectivity index (χ0n) is 11.2. The average Bonchev–Trinajstić information content (AvgIpc) is 2.84. The molecule has 1 aliphatic rings. The molecule has 0 radical (unpaired) electrons. The van der Waals surface area contributed by atoms with E-state index < -0.39 is 26.1 Å². The number of benzene rings is 1. The van der Waals surface area contributed by atoms with Crippen LogP contribution in [-0.4, -0.2) is 37.7 Å². The van der Waals surface area contributed by atoms with E-state index in [1.54, 1.807) is 17.4 Å². The summed E-state index contributed by atoms with van der Waals surface area (Å²) in [6.07, 6.45) is 0. The Morgan fingerprint density at radius 1 is 1.27 bits per heavy atom. The second-order valence-electron chi connectivity index (χ2n) is 4.42. The molecule has 0 saturated carbocycles. The molecule has 0 unspecified atom stereocenters. The van der Waals surface area contributed by atoms with Crippen molar-refractivity contribution in [3.63, 3.8) is 0 Å². The van der Waals surface area contributed by atoms with Crippen LogP contribution in [0.1, 0.15) is 0 Å². The molecule has 2 rings (SSSR count). The van der Waals surface area contributed by atoms with Gasteiger partial charge in [0.2, 0.25) is 0 Å². The predicted molar refractivity (Wildman–Crippen MR) is 76.6 cm³/mol.